The van der Waals surface area contributed by atoms with Gasteiger partial charge >= 0.3 is 6.09 Å². The molecule has 0 saturated heterocycles. The second-order valence-electron chi connectivity index (χ2n) is 5.37. The number of nitrogens with one attached hydrogen (secondary N) is 1. The molecule has 108 valence electrons. The molecule has 5 heteroatoms. The van der Waals surface area contributed by atoms with Gasteiger partial charge in [-0.1, -0.05) is 0 Å². The molecule has 0 atom stereocenters. The van der Waals surface area contributed by atoms with Crippen LogP contribution in [0.4, 0.5) is 4.79 Å². The quantitative estimate of drug-likeness (QED) is 0.858. The Balaban J connectivity index is 2.33. The van der Waals surface area contributed by atoms with E-state index in [1.54, 1.807) is 18.2 Å². The maximum Gasteiger partial charge on any atom is 0.407 e. The summed E-state index contributed by atoms with van der Waals surface area (Å²) in [5.74, 6) is 0.674. The molecule has 1 aromatic carbocycles. The average Bonchev–Trinajstić information content (AvgIpc) is 2.33. The van der Waals surface area contributed by atoms with Crippen molar-refractivity contribution in [1.29, 1.82) is 5.26 Å². The summed E-state index contributed by atoms with van der Waals surface area (Å²) >= 11 is 0. The zero-order valence-corrected chi connectivity index (χ0v) is 12.3. The number of nitriles is 1. The summed E-state index contributed by atoms with van der Waals surface area (Å²) in [5.41, 5.74) is 0.990. The second kappa shape index (κ2) is 6.80. The highest BCUT2D eigenvalue weighted by atomic mass is 16.6. The van der Waals surface area contributed by atoms with E-state index in [1.807, 2.05) is 27.7 Å². The molecule has 5 nitrogen and oxygen atoms in total. The van der Waals surface area contributed by atoms with E-state index in [9.17, 15) is 4.79 Å². The van der Waals surface area contributed by atoms with Crippen LogP contribution in [0.25, 0.3) is 0 Å². The van der Waals surface area contributed by atoms with Gasteiger partial charge in [-0.25, -0.2) is 4.79 Å². The van der Waals surface area contributed by atoms with Crippen LogP contribution in [-0.2, 0) is 4.74 Å². The lowest BCUT2D eigenvalue weighted by Crippen LogP contribution is -2.34. The number of rotatable bonds is 4. The fraction of sp³-hybridized carbons (Fsp3) is 0.467. The number of benzene rings is 1. The van der Waals surface area contributed by atoms with Crippen LogP contribution in [0.5, 0.6) is 5.75 Å². The minimum atomic E-state index is -0.505. The van der Waals surface area contributed by atoms with E-state index in [1.165, 1.54) is 0 Å². The summed E-state index contributed by atoms with van der Waals surface area (Å²) in [6.45, 7) is 7.97. The molecule has 1 aromatic rings. The molecule has 1 N–H and O–H groups in total. The van der Waals surface area contributed by atoms with Gasteiger partial charge in [0.25, 0.3) is 0 Å². The standard InChI is InChI=1S/C15H20N2O3/c1-11-9-13(6-5-12(11)10-16)19-8-7-17-14(18)20-15(2,3)4/h5-6,9H,7-8H2,1-4H3,(H,17,18). The van der Waals surface area contributed by atoms with Gasteiger partial charge in [-0.15, -0.1) is 0 Å². The highest BCUT2D eigenvalue weighted by molar-refractivity contribution is 5.67. The number of amides is 1. The zero-order chi connectivity index (χ0) is 15.2. The summed E-state index contributed by atoms with van der Waals surface area (Å²) in [7, 11) is 0. The molecule has 0 aromatic heterocycles. The molecule has 0 radical (unpaired) electrons. The molecule has 0 spiro atoms. The summed E-state index contributed by atoms with van der Waals surface area (Å²) in [4.78, 5) is 11.4. The van der Waals surface area contributed by atoms with Gasteiger partial charge < -0.3 is 14.8 Å². The summed E-state index contributed by atoms with van der Waals surface area (Å²) < 4.78 is 10.6. The van der Waals surface area contributed by atoms with Crippen molar-refractivity contribution in [3.05, 3.63) is 29.3 Å². The molecule has 20 heavy (non-hydrogen) atoms. The van der Waals surface area contributed by atoms with E-state index in [-0.39, 0.29) is 0 Å². The average molecular weight is 276 g/mol. The minimum absolute atomic E-state index is 0.338. The topological polar surface area (TPSA) is 71.3 Å². The lowest BCUT2D eigenvalue weighted by atomic mass is 10.1. The van der Waals surface area contributed by atoms with Crippen LogP contribution in [0.1, 0.15) is 31.9 Å². The Morgan fingerprint density at radius 1 is 1.40 bits per heavy atom. The lowest BCUT2D eigenvalue weighted by molar-refractivity contribution is 0.0520. The summed E-state index contributed by atoms with van der Waals surface area (Å²) in [5, 5.41) is 11.4. The van der Waals surface area contributed by atoms with Crippen molar-refractivity contribution in [3.63, 3.8) is 0 Å². The third-order valence-corrected chi connectivity index (χ3v) is 2.36. The number of aryl methyl sites for hydroxylation is 1. The number of carbonyl (C=O) groups is 1. The molecule has 0 aliphatic rings. The smallest absolute Gasteiger partial charge is 0.407 e. The normalized spacial score (nSPS) is 10.6. The zero-order valence-electron chi connectivity index (χ0n) is 12.3. The van der Waals surface area contributed by atoms with Crippen molar-refractivity contribution in [1.82, 2.24) is 5.32 Å². The van der Waals surface area contributed by atoms with Gasteiger partial charge in [-0.05, 0) is 51.5 Å². The van der Waals surface area contributed by atoms with Crippen molar-refractivity contribution in [2.45, 2.75) is 33.3 Å². The van der Waals surface area contributed by atoms with Crippen molar-refractivity contribution < 1.29 is 14.3 Å². The fourth-order valence-corrected chi connectivity index (χ4v) is 1.49. The molecule has 1 amide bonds. The maximum absolute atomic E-state index is 11.4. The Bertz CT molecular complexity index is 513. The predicted octanol–water partition coefficient (Wildman–Crippen LogP) is 2.77. The first-order valence-corrected chi connectivity index (χ1v) is 6.42. The van der Waals surface area contributed by atoms with Gasteiger partial charge in [-0.2, -0.15) is 5.26 Å². The summed E-state index contributed by atoms with van der Waals surface area (Å²) in [6.07, 6.45) is -0.461. The Kier molecular flexibility index (Phi) is 5.39. The first kappa shape index (κ1) is 15.8. The molecular weight excluding hydrogens is 256 g/mol. The van der Waals surface area contributed by atoms with Gasteiger partial charge in [0.2, 0.25) is 0 Å². The van der Waals surface area contributed by atoms with Gasteiger partial charge in [0.1, 0.15) is 18.0 Å². The lowest BCUT2D eigenvalue weighted by Gasteiger charge is -2.19. The monoisotopic (exact) mass is 276 g/mol. The molecule has 0 saturated carbocycles. The number of hydrogen-bond donors (Lipinski definition) is 1. The second-order valence-corrected chi connectivity index (χ2v) is 5.37. The number of alkyl carbamates (subject to hydrolysis) is 1. The third kappa shape index (κ3) is 5.61. The molecule has 0 fully saturated rings. The third-order valence-electron chi connectivity index (χ3n) is 2.36. The number of nitrogens with zero attached hydrogens (tertiary/aromatic N) is 1. The van der Waals surface area contributed by atoms with E-state index < -0.39 is 11.7 Å². The molecule has 0 unspecified atom stereocenters. The Hall–Kier alpha value is -2.22. The number of carbonyl (C=O) groups excluding carboxylic acids is 1. The molecule has 0 aliphatic heterocycles. The van der Waals surface area contributed by atoms with E-state index in [4.69, 9.17) is 14.7 Å². The molecule has 1 rings (SSSR count). The Labute approximate surface area is 119 Å². The van der Waals surface area contributed by atoms with Gasteiger partial charge in [-0.3, -0.25) is 0 Å². The van der Waals surface area contributed by atoms with Crippen LogP contribution < -0.4 is 10.1 Å². The largest absolute Gasteiger partial charge is 0.492 e. The van der Waals surface area contributed by atoms with Crippen LogP contribution >= 0.6 is 0 Å². The van der Waals surface area contributed by atoms with Crippen LogP contribution in [0.3, 0.4) is 0 Å². The first-order chi connectivity index (χ1) is 9.31. The highest BCUT2D eigenvalue weighted by Gasteiger charge is 2.15. The SMILES string of the molecule is Cc1cc(OCCNC(=O)OC(C)(C)C)ccc1C#N. The predicted molar refractivity (Wildman–Crippen MR) is 75.6 cm³/mol. The van der Waals surface area contributed by atoms with Crippen LogP contribution in [0, 0.1) is 18.3 Å². The minimum Gasteiger partial charge on any atom is -0.492 e. The maximum atomic E-state index is 11.4. The van der Waals surface area contributed by atoms with Crippen molar-refractivity contribution in [2.24, 2.45) is 0 Å². The number of hydrogen-bond acceptors (Lipinski definition) is 4. The van der Waals surface area contributed by atoms with E-state index in [0.29, 0.717) is 24.5 Å². The Morgan fingerprint density at radius 3 is 2.65 bits per heavy atom. The van der Waals surface area contributed by atoms with Gasteiger partial charge in [0.15, 0.2) is 0 Å². The van der Waals surface area contributed by atoms with Gasteiger partial charge in [0, 0.05) is 0 Å². The fourth-order valence-electron chi connectivity index (χ4n) is 1.49. The molecule has 0 aliphatic carbocycles. The van der Waals surface area contributed by atoms with Crippen molar-refractivity contribution >= 4 is 6.09 Å². The Morgan fingerprint density at radius 2 is 2.10 bits per heavy atom. The van der Waals surface area contributed by atoms with Crippen LogP contribution in [0.15, 0.2) is 18.2 Å². The van der Waals surface area contributed by atoms with E-state index in [0.717, 1.165) is 5.56 Å². The number of ether oxygens (including phenoxy) is 2. The van der Waals surface area contributed by atoms with Crippen molar-refractivity contribution in [3.8, 4) is 11.8 Å². The van der Waals surface area contributed by atoms with Crippen LogP contribution in [-0.4, -0.2) is 24.8 Å². The molecule has 0 bridgehead atoms. The van der Waals surface area contributed by atoms with Crippen molar-refractivity contribution in [2.75, 3.05) is 13.2 Å². The molecular formula is C15H20N2O3. The first-order valence-electron chi connectivity index (χ1n) is 6.42. The van der Waals surface area contributed by atoms with E-state index in [2.05, 4.69) is 11.4 Å². The van der Waals surface area contributed by atoms with E-state index >= 15 is 0 Å². The summed E-state index contributed by atoms with van der Waals surface area (Å²) in [6, 6.07) is 7.34. The highest BCUT2D eigenvalue weighted by Crippen LogP contribution is 2.16. The van der Waals surface area contributed by atoms with Gasteiger partial charge in [0.05, 0.1) is 18.2 Å². The van der Waals surface area contributed by atoms with Crippen LogP contribution in [0.2, 0.25) is 0 Å². The molecule has 0 heterocycles.